The summed E-state index contributed by atoms with van der Waals surface area (Å²) in [6, 6.07) is 6.50. The summed E-state index contributed by atoms with van der Waals surface area (Å²) in [5.74, 6) is -0.573. The molecule has 0 saturated heterocycles. The Balaban J connectivity index is 2.19. The van der Waals surface area contributed by atoms with Gasteiger partial charge in [-0.15, -0.1) is 11.6 Å². The van der Waals surface area contributed by atoms with Crippen LogP contribution in [0.1, 0.15) is 32.9 Å². The van der Waals surface area contributed by atoms with Crippen molar-refractivity contribution in [2.24, 2.45) is 0 Å². The largest absolute Gasteiger partial charge is 0.477 e. The van der Waals surface area contributed by atoms with Gasteiger partial charge in [0.25, 0.3) is 5.91 Å². The van der Waals surface area contributed by atoms with Crippen LogP contribution >= 0.6 is 11.6 Å². The normalized spacial score (nSPS) is 10.5. The first kappa shape index (κ1) is 16.0. The summed E-state index contributed by atoms with van der Waals surface area (Å²) in [7, 11) is 0. The molecule has 2 rings (SSSR count). The Bertz CT molecular complexity index is 679. The van der Waals surface area contributed by atoms with Crippen molar-refractivity contribution >= 4 is 23.5 Å². The Hall–Kier alpha value is -2.34. The predicted octanol–water partition coefficient (Wildman–Crippen LogP) is 2.71. The number of benzene rings is 1. The first-order chi connectivity index (χ1) is 10.5. The Labute approximate surface area is 132 Å². The number of hydrogen-bond donors (Lipinski definition) is 2. The molecule has 1 aromatic carbocycles. The van der Waals surface area contributed by atoms with E-state index in [0.717, 1.165) is 0 Å². The van der Waals surface area contributed by atoms with Crippen molar-refractivity contribution in [1.29, 1.82) is 0 Å². The lowest BCUT2D eigenvalue weighted by molar-refractivity contribution is 0.0695. The molecule has 0 unspecified atom stereocenters. The lowest BCUT2D eigenvalue weighted by Crippen LogP contribution is -2.24. The molecular weight excluding hydrogens is 308 g/mol. The highest BCUT2D eigenvalue weighted by Crippen LogP contribution is 2.25. The smallest absolute Gasteiger partial charge is 0.341 e. The van der Waals surface area contributed by atoms with Crippen molar-refractivity contribution in [3.63, 3.8) is 0 Å². The third kappa shape index (κ3) is 3.46. The maximum Gasteiger partial charge on any atom is 0.341 e. The number of hydrogen-bond acceptors (Lipinski definition) is 4. The minimum atomic E-state index is -1.10. The second-order valence-corrected chi connectivity index (χ2v) is 5.02. The minimum Gasteiger partial charge on any atom is -0.477 e. The molecule has 0 aliphatic carbocycles. The summed E-state index contributed by atoms with van der Waals surface area (Å²) in [5.41, 5.74) is 1.33. The molecule has 0 bridgehead atoms. The second kappa shape index (κ2) is 7.09. The van der Waals surface area contributed by atoms with Crippen LogP contribution in [0.25, 0.3) is 11.3 Å². The van der Waals surface area contributed by atoms with Crippen LogP contribution in [0.15, 0.2) is 28.8 Å². The highest BCUT2D eigenvalue weighted by atomic mass is 35.5. The number of rotatable bonds is 6. The monoisotopic (exact) mass is 322 g/mol. The van der Waals surface area contributed by atoms with Crippen LogP contribution in [0.5, 0.6) is 0 Å². The first-order valence-corrected chi connectivity index (χ1v) is 7.22. The maximum absolute atomic E-state index is 11.9. The number of carbonyl (C=O) groups excluding carboxylic acids is 1. The van der Waals surface area contributed by atoms with Crippen LogP contribution in [0.3, 0.4) is 0 Å². The average molecular weight is 323 g/mol. The van der Waals surface area contributed by atoms with Gasteiger partial charge in [-0.1, -0.05) is 17.3 Å². The van der Waals surface area contributed by atoms with Gasteiger partial charge in [-0.05, 0) is 25.5 Å². The minimum absolute atomic E-state index is 0.0271. The molecule has 1 heterocycles. The van der Waals surface area contributed by atoms with Crippen LogP contribution in [-0.2, 0) is 0 Å². The summed E-state index contributed by atoms with van der Waals surface area (Å²) < 4.78 is 4.93. The summed E-state index contributed by atoms with van der Waals surface area (Å²) >= 11 is 5.55. The van der Waals surface area contributed by atoms with E-state index >= 15 is 0 Å². The molecule has 6 nitrogen and oxygen atoms in total. The van der Waals surface area contributed by atoms with E-state index in [1.165, 1.54) is 0 Å². The van der Waals surface area contributed by atoms with Gasteiger partial charge in [0.1, 0.15) is 17.0 Å². The zero-order valence-corrected chi connectivity index (χ0v) is 12.7. The molecule has 0 aliphatic rings. The number of aromatic nitrogens is 1. The molecule has 116 valence electrons. The fraction of sp³-hybridized carbons (Fsp3) is 0.267. The molecule has 1 amide bonds. The predicted molar refractivity (Wildman–Crippen MR) is 81.3 cm³/mol. The third-order valence-corrected chi connectivity index (χ3v) is 3.36. The van der Waals surface area contributed by atoms with Crippen molar-refractivity contribution in [1.82, 2.24) is 10.5 Å². The highest BCUT2D eigenvalue weighted by molar-refractivity contribution is 6.17. The third-order valence-electron chi connectivity index (χ3n) is 3.09. The molecule has 0 atom stereocenters. The Morgan fingerprint density at radius 1 is 1.32 bits per heavy atom. The van der Waals surface area contributed by atoms with Crippen molar-refractivity contribution < 1.29 is 19.2 Å². The molecule has 0 saturated carbocycles. The number of aryl methyl sites for hydroxylation is 1. The van der Waals surface area contributed by atoms with Crippen molar-refractivity contribution in [3.8, 4) is 11.3 Å². The summed E-state index contributed by atoms with van der Waals surface area (Å²) in [5, 5.41) is 15.7. The van der Waals surface area contributed by atoms with Gasteiger partial charge in [0.15, 0.2) is 0 Å². The summed E-state index contributed by atoms with van der Waals surface area (Å²) in [6.07, 6.45) is 0.700. The average Bonchev–Trinajstić information content (AvgIpc) is 2.89. The molecule has 0 spiro atoms. The van der Waals surface area contributed by atoms with Crippen LogP contribution < -0.4 is 5.32 Å². The number of nitrogens with zero attached hydrogens (tertiary/aromatic N) is 1. The number of halogens is 1. The van der Waals surface area contributed by atoms with E-state index in [1.807, 2.05) is 0 Å². The zero-order chi connectivity index (χ0) is 16.1. The molecule has 0 fully saturated rings. The fourth-order valence-electron chi connectivity index (χ4n) is 1.97. The van der Waals surface area contributed by atoms with Crippen molar-refractivity contribution in [3.05, 3.63) is 41.2 Å². The molecule has 0 aliphatic heterocycles. The van der Waals surface area contributed by atoms with Gasteiger partial charge in [-0.25, -0.2) is 4.79 Å². The highest BCUT2D eigenvalue weighted by Gasteiger charge is 2.20. The molecule has 7 heteroatoms. The topological polar surface area (TPSA) is 92.4 Å². The molecular formula is C15H15ClN2O4. The second-order valence-electron chi connectivity index (χ2n) is 4.64. The molecule has 1 aromatic heterocycles. The van der Waals surface area contributed by atoms with Crippen LogP contribution in [0.4, 0.5) is 0 Å². The zero-order valence-electron chi connectivity index (χ0n) is 11.9. The number of nitrogens with one attached hydrogen (secondary N) is 1. The van der Waals surface area contributed by atoms with Gasteiger partial charge < -0.3 is 14.9 Å². The summed E-state index contributed by atoms with van der Waals surface area (Å²) in [4.78, 5) is 23.1. The van der Waals surface area contributed by atoms with E-state index in [4.69, 9.17) is 16.1 Å². The Morgan fingerprint density at radius 2 is 2.00 bits per heavy atom. The standard InChI is InChI=1S/C15H15ClN2O4/c1-9-12(15(20)21)13(18-22-9)10-3-5-11(6-4-10)14(19)17-8-2-7-16/h3-6H,2,7-8H2,1H3,(H,17,19)(H,20,21). The SMILES string of the molecule is Cc1onc(-c2ccc(C(=O)NCCCCl)cc2)c1C(=O)O. The van der Waals surface area contributed by atoms with Crippen LogP contribution in [0.2, 0.25) is 0 Å². The lowest BCUT2D eigenvalue weighted by Gasteiger charge is -2.05. The fourth-order valence-corrected chi connectivity index (χ4v) is 2.10. The lowest BCUT2D eigenvalue weighted by atomic mass is 10.0. The Kier molecular flexibility index (Phi) is 5.16. The van der Waals surface area contributed by atoms with E-state index in [2.05, 4.69) is 10.5 Å². The number of alkyl halides is 1. The number of amides is 1. The quantitative estimate of drug-likeness (QED) is 0.630. The number of carboxylic acid groups (broad SMARTS) is 1. The Morgan fingerprint density at radius 3 is 2.59 bits per heavy atom. The molecule has 0 radical (unpaired) electrons. The van der Waals surface area contributed by atoms with Crippen LogP contribution in [-0.4, -0.2) is 34.6 Å². The van der Waals surface area contributed by atoms with Crippen LogP contribution in [0, 0.1) is 6.92 Å². The molecule has 2 N–H and O–H groups in total. The number of aromatic carboxylic acids is 1. The maximum atomic E-state index is 11.9. The van der Waals surface area contributed by atoms with Gasteiger partial charge in [-0.3, -0.25) is 4.79 Å². The van der Waals surface area contributed by atoms with E-state index in [0.29, 0.717) is 30.0 Å². The van der Waals surface area contributed by atoms with Gasteiger partial charge >= 0.3 is 5.97 Å². The van der Waals surface area contributed by atoms with E-state index < -0.39 is 5.97 Å². The van der Waals surface area contributed by atoms with E-state index in [1.54, 1.807) is 31.2 Å². The van der Waals surface area contributed by atoms with Gasteiger partial charge in [0.05, 0.1) is 0 Å². The van der Waals surface area contributed by atoms with E-state index in [9.17, 15) is 14.7 Å². The van der Waals surface area contributed by atoms with Gasteiger partial charge in [-0.2, -0.15) is 0 Å². The van der Waals surface area contributed by atoms with Gasteiger partial charge in [0.2, 0.25) is 0 Å². The number of carboxylic acids is 1. The summed E-state index contributed by atoms with van der Waals surface area (Å²) in [6.45, 7) is 2.05. The van der Waals surface area contributed by atoms with E-state index in [-0.39, 0.29) is 22.9 Å². The van der Waals surface area contributed by atoms with Crippen molar-refractivity contribution in [2.45, 2.75) is 13.3 Å². The van der Waals surface area contributed by atoms with Gasteiger partial charge in [0, 0.05) is 23.6 Å². The molecule has 2 aromatic rings. The molecule has 22 heavy (non-hydrogen) atoms. The number of carbonyl (C=O) groups is 2. The van der Waals surface area contributed by atoms with Crippen molar-refractivity contribution in [2.75, 3.05) is 12.4 Å². The first-order valence-electron chi connectivity index (χ1n) is 6.68.